The highest BCUT2D eigenvalue weighted by molar-refractivity contribution is 7.99. The summed E-state index contributed by atoms with van der Waals surface area (Å²) in [5, 5.41) is 13.2. The van der Waals surface area contributed by atoms with Crippen LogP contribution in [0.1, 0.15) is 11.1 Å². The summed E-state index contributed by atoms with van der Waals surface area (Å²) in [4.78, 5) is 12.5. The first-order chi connectivity index (χ1) is 17.2. The minimum atomic E-state index is -0.0529. The quantitative estimate of drug-likeness (QED) is 0.328. The number of fused-ring (bicyclic) bond motifs is 1. The first-order valence-corrected chi connectivity index (χ1v) is 12.5. The fourth-order valence-corrected chi connectivity index (χ4v) is 4.63. The number of thioether (sulfide) groups is 1. The van der Waals surface area contributed by atoms with Crippen LogP contribution in [0.3, 0.4) is 0 Å². The second kappa shape index (κ2) is 10.8. The molecule has 7 nitrogen and oxygen atoms in total. The Balaban J connectivity index is 1.27. The number of nitrogens with one attached hydrogen (secondary N) is 1. The standard InChI is InChI=1S/C26H23ClN4O3S/c27-21-9-6-18(7-10-21)12-13-28-24(32)16-35-26-30-29-25(20-4-2-1-3-5-20)31(26)15-19-8-11-22-23(14-19)34-17-33-22/h1-11,14H,12-13,15-17H2,(H,28,32). The smallest absolute Gasteiger partial charge is 0.231 e. The summed E-state index contributed by atoms with van der Waals surface area (Å²) in [5.74, 6) is 2.41. The van der Waals surface area contributed by atoms with E-state index in [4.69, 9.17) is 21.1 Å². The molecule has 1 aromatic heterocycles. The van der Waals surface area contributed by atoms with Gasteiger partial charge in [0.1, 0.15) is 0 Å². The largest absolute Gasteiger partial charge is 0.454 e. The Morgan fingerprint density at radius 2 is 1.74 bits per heavy atom. The zero-order valence-corrected chi connectivity index (χ0v) is 20.4. The van der Waals surface area contributed by atoms with E-state index in [2.05, 4.69) is 15.5 Å². The van der Waals surface area contributed by atoms with E-state index >= 15 is 0 Å². The van der Waals surface area contributed by atoms with Gasteiger partial charge in [-0.15, -0.1) is 10.2 Å². The first-order valence-electron chi connectivity index (χ1n) is 11.2. The number of carbonyl (C=O) groups excluding carboxylic acids is 1. The normalized spacial score (nSPS) is 12.0. The maximum Gasteiger partial charge on any atom is 0.231 e. The van der Waals surface area contributed by atoms with E-state index in [-0.39, 0.29) is 18.5 Å². The van der Waals surface area contributed by atoms with Gasteiger partial charge in [-0.1, -0.05) is 71.9 Å². The lowest BCUT2D eigenvalue weighted by Gasteiger charge is -2.11. The molecular weight excluding hydrogens is 484 g/mol. The molecule has 0 radical (unpaired) electrons. The van der Waals surface area contributed by atoms with E-state index in [1.807, 2.05) is 77.4 Å². The minimum absolute atomic E-state index is 0.0529. The van der Waals surface area contributed by atoms with E-state index in [0.717, 1.165) is 40.4 Å². The number of ether oxygens (including phenoxy) is 2. The molecule has 0 spiro atoms. The monoisotopic (exact) mass is 506 g/mol. The highest BCUT2D eigenvalue weighted by Gasteiger charge is 2.18. The molecule has 1 N–H and O–H groups in total. The third-order valence-corrected chi connectivity index (χ3v) is 6.73. The molecule has 0 saturated heterocycles. The zero-order chi connectivity index (χ0) is 24.0. The van der Waals surface area contributed by atoms with Crippen molar-refractivity contribution in [3.05, 3.63) is 88.9 Å². The molecule has 35 heavy (non-hydrogen) atoms. The van der Waals surface area contributed by atoms with E-state index in [1.165, 1.54) is 11.8 Å². The van der Waals surface area contributed by atoms with Crippen LogP contribution >= 0.6 is 23.4 Å². The summed E-state index contributed by atoms with van der Waals surface area (Å²) in [6.07, 6.45) is 0.742. The highest BCUT2D eigenvalue weighted by atomic mass is 35.5. The van der Waals surface area contributed by atoms with Gasteiger partial charge >= 0.3 is 0 Å². The third-order valence-electron chi connectivity index (χ3n) is 5.51. The Morgan fingerprint density at radius 1 is 0.971 bits per heavy atom. The maximum absolute atomic E-state index is 12.5. The fraction of sp³-hybridized carbons (Fsp3) is 0.192. The third kappa shape index (κ3) is 5.78. The second-order valence-electron chi connectivity index (χ2n) is 7.96. The average Bonchev–Trinajstić information content (AvgIpc) is 3.51. The van der Waals surface area contributed by atoms with Crippen molar-refractivity contribution in [2.75, 3.05) is 19.1 Å². The number of hydrogen-bond donors (Lipinski definition) is 1. The van der Waals surface area contributed by atoms with Crippen LogP contribution in [0, 0.1) is 0 Å². The molecule has 0 bridgehead atoms. The lowest BCUT2D eigenvalue weighted by molar-refractivity contribution is -0.118. The van der Waals surface area contributed by atoms with Crippen molar-refractivity contribution in [1.82, 2.24) is 20.1 Å². The molecule has 4 aromatic rings. The Bertz CT molecular complexity index is 1310. The van der Waals surface area contributed by atoms with Crippen LogP contribution in [0.25, 0.3) is 11.4 Å². The number of aromatic nitrogens is 3. The molecule has 0 fully saturated rings. The Morgan fingerprint density at radius 3 is 2.57 bits per heavy atom. The summed E-state index contributed by atoms with van der Waals surface area (Å²) < 4.78 is 13.0. The van der Waals surface area contributed by atoms with Gasteiger partial charge in [-0.3, -0.25) is 9.36 Å². The van der Waals surface area contributed by atoms with Crippen LogP contribution in [-0.2, 0) is 17.8 Å². The van der Waals surface area contributed by atoms with E-state index in [0.29, 0.717) is 23.3 Å². The number of benzene rings is 3. The van der Waals surface area contributed by atoms with Crippen molar-refractivity contribution < 1.29 is 14.3 Å². The fourth-order valence-electron chi connectivity index (χ4n) is 3.74. The van der Waals surface area contributed by atoms with Gasteiger partial charge in [-0.05, 0) is 41.8 Å². The van der Waals surface area contributed by atoms with Crippen LogP contribution in [0.5, 0.6) is 11.5 Å². The van der Waals surface area contributed by atoms with Gasteiger partial charge in [0.15, 0.2) is 22.5 Å². The molecule has 9 heteroatoms. The van der Waals surface area contributed by atoms with Gasteiger partial charge in [0.05, 0.1) is 12.3 Å². The Hall–Kier alpha value is -3.49. The lowest BCUT2D eigenvalue weighted by atomic mass is 10.1. The van der Waals surface area contributed by atoms with Gasteiger partial charge in [-0.25, -0.2) is 0 Å². The Kier molecular flexibility index (Phi) is 7.20. The number of amides is 1. The van der Waals surface area contributed by atoms with Crippen molar-refractivity contribution in [3.63, 3.8) is 0 Å². The van der Waals surface area contributed by atoms with Crippen LogP contribution < -0.4 is 14.8 Å². The first kappa shape index (κ1) is 23.3. The number of nitrogens with zero attached hydrogens (tertiary/aromatic N) is 3. The molecule has 0 aliphatic carbocycles. The maximum atomic E-state index is 12.5. The summed E-state index contributed by atoms with van der Waals surface area (Å²) in [6.45, 7) is 1.32. The molecule has 0 unspecified atom stereocenters. The summed E-state index contributed by atoms with van der Waals surface area (Å²) in [5.41, 5.74) is 3.11. The molecule has 2 heterocycles. The summed E-state index contributed by atoms with van der Waals surface area (Å²) in [6, 6.07) is 23.4. The molecule has 1 amide bonds. The average molecular weight is 507 g/mol. The number of carbonyl (C=O) groups is 1. The van der Waals surface area contributed by atoms with Crippen LogP contribution in [0.2, 0.25) is 5.02 Å². The van der Waals surface area contributed by atoms with Crippen molar-refractivity contribution in [3.8, 4) is 22.9 Å². The second-order valence-corrected chi connectivity index (χ2v) is 9.34. The van der Waals surface area contributed by atoms with Crippen molar-refractivity contribution in [1.29, 1.82) is 0 Å². The molecule has 1 aliphatic heterocycles. The molecule has 178 valence electrons. The van der Waals surface area contributed by atoms with Gasteiger partial charge < -0.3 is 14.8 Å². The van der Waals surface area contributed by atoms with E-state index < -0.39 is 0 Å². The van der Waals surface area contributed by atoms with Gasteiger partial charge in [0.25, 0.3) is 0 Å². The van der Waals surface area contributed by atoms with Crippen LogP contribution in [0.4, 0.5) is 0 Å². The van der Waals surface area contributed by atoms with E-state index in [1.54, 1.807) is 0 Å². The van der Waals surface area contributed by atoms with Gasteiger partial charge in [0.2, 0.25) is 12.7 Å². The molecule has 1 aliphatic rings. The molecule has 0 saturated carbocycles. The summed E-state index contributed by atoms with van der Waals surface area (Å²) >= 11 is 7.30. The van der Waals surface area contributed by atoms with Crippen LogP contribution in [-0.4, -0.2) is 39.8 Å². The van der Waals surface area contributed by atoms with E-state index in [9.17, 15) is 4.79 Å². The van der Waals surface area contributed by atoms with Gasteiger partial charge in [0, 0.05) is 17.1 Å². The lowest BCUT2D eigenvalue weighted by Crippen LogP contribution is -2.27. The highest BCUT2D eigenvalue weighted by Crippen LogP contribution is 2.33. The van der Waals surface area contributed by atoms with Crippen molar-refractivity contribution in [2.45, 2.75) is 18.1 Å². The Labute approximate surface area is 212 Å². The SMILES string of the molecule is O=C(CSc1nnc(-c2ccccc2)n1Cc1ccc2c(c1)OCO2)NCCc1ccc(Cl)cc1. The predicted molar refractivity (Wildman–Crippen MR) is 136 cm³/mol. The molecular formula is C26H23ClN4O3S. The van der Waals surface area contributed by atoms with Crippen LogP contribution in [0.15, 0.2) is 78.0 Å². The minimum Gasteiger partial charge on any atom is -0.454 e. The topological polar surface area (TPSA) is 78.3 Å². The van der Waals surface area contributed by atoms with Gasteiger partial charge in [-0.2, -0.15) is 0 Å². The molecule has 3 aromatic carbocycles. The number of hydrogen-bond acceptors (Lipinski definition) is 6. The van der Waals surface area contributed by atoms with Crippen molar-refractivity contribution >= 4 is 29.3 Å². The summed E-state index contributed by atoms with van der Waals surface area (Å²) in [7, 11) is 0. The predicted octanol–water partition coefficient (Wildman–Crippen LogP) is 4.83. The number of rotatable bonds is 9. The zero-order valence-electron chi connectivity index (χ0n) is 18.8. The molecule has 5 rings (SSSR count). The molecule has 0 atom stereocenters. The van der Waals surface area contributed by atoms with Crippen molar-refractivity contribution in [2.24, 2.45) is 0 Å². The number of halogens is 1.